The molecule has 2 aromatic rings. The number of nitrogens with zero attached hydrogens (tertiary/aromatic N) is 2. The second-order valence-corrected chi connectivity index (χ2v) is 5.49. The highest BCUT2D eigenvalue weighted by Crippen LogP contribution is 2.58. The van der Waals surface area contributed by atoms with Crippen molar-refractivity contribution in [2.45, 2.75) is 18.8 Å². The van der Waals surface area contributed by atoms with Crippen LogP contribution in [-0.4, -0.2) is 5.10 Å². The van der Waals surface area contributed by atoms with Gasteiger partial charge in [-0.2, -0.15) is 0 Å². The summed E-state index contributed by atoms with van der Waals surface area (Å²) in [7, 11) is 0. The van der Waals surface area contributed by atoms with Crippen molar-refractivity contribution in [2.24, 2.45) is 5.92 Å². The van der Waals surface area contributed by atoms with E-state index in [2.05, 4.69) is 11.2 Å². The molecule has 2 aliphatic rings. The van der Waals surface area contributed by atoms with Gasteiger partial charge in [-0.25, -0.2) is 0 Å². The van der Waals surface area contributed by atoms with Gasteiger partial charge in [-0.05, 0) is 58.3 Å². The van der Waals surface area contributed by atoms with Gasteiger partial charge in [0, 0.05) is 12.1 Å². The first-order chi connectivity index (χ1) is 9.22. The van der Waals surface area contributed by atoms with E-state index in [1.807, 2.05) is 12.1 Å². The van der Waals surface area contributed by atoms with Crippen molar-refractivity contribution >= 4 is 11.6 Å². The van der Waals surface area contributed by atoms with Gasteiger partial charge < -0.3 is 9.94 Å². The van der Waals surface area contributed by atoms with Crippen LogP contribution in [-0.2, 0) is 6.42 Å². The molecule has 1 fully saturated rings. The highest BCUT2D eigenvalue weighted by Gasteiger charge is 2.46. The Morgan fingerprint density at radius 3 is 3.05 bits per heavy atom. The molecule has 1 aromatic heterocycles. The fraction of sp³-hybridized carbons (Fsp3) is 0.286. The van der Waals surface area contributed by atoms with E-state index in [0.717, 1.165) is 24.0 Å². The summed E-state index contributed by atoms with van der Waals surface area (Å²) in [6.45, 7) is 0. The van der Waals surface area contributed by atoms with E-state index < -0.39 is 0 Å². The van der Waals surface area contributed by atoms with Crippen LogP contribution < -0.4 is 9.58 Å². The smallest absolute Gasteiger partial charge is 0.313 e. The van der Waals surface area contributed by atoms with E-state index >= 15 is 0 Å². The van der Waals surface area contributed by atoms with Crippen molar-refractivity contribution in [3.8, 4) is 11.6 Å². The van der Waals surface area contributed by atoms with Gasteiger partial charge in [0.05, 0.1) is 5.10 Å². The first-order valence-electron chi connectivity index (χ1n) is 6.28. The second-order valence-electron chi connectivity index (χ2n) is 5.10. The molecule has 96 valence electrons. The first kappa shape index (κ1) is 11.1. The minimum atomic E-state index is 0.0342. The number of hydrogen-bond donors (Lipinski definition) is 0. The number of benzene rings is 1. The third-order valence-electron chi connectivity index (χ3n) is 3.91. The van der Waals surface area contributed by atoms with Crippen LogP contribution in [0.3, 0.4) is 0 Å². The zero-order valence-corrected chi connectivity index (χ0v) is 10.8. The molecular formula is C14H11ClN2O2. The Balaban J connectivity index is 1.68. The van der Waals surface area contributed by atoms with Crippen LogP contribution in [0, 0.1) is 11.1 Å². The van der Waals surface area contributed by atoms with Crippen molar-refractivity contribution in [3.05, 3.63) is 51.8 Å². The molecule has 0 bridgehead atoms. The molecule has 2 aliphatic carbocycles. The normalized spacial score (nSPS) is 22.8. The van der Waals surface area contributed by atoms with E-state index in [4.69, 9.17) is 16.3 Å². The Morgan fingerprint density at radius 2 is 2.21 bits per heavy atom. The maximum atomic E-state index is 11.3. The maximum absolute atomic E-state index is 11.3. The van der Waals surface area contributed by atoms with Crippen molar-refractivity contribution < 1.29 is 9.58 Å². The molecule has 0 amide bonds. The standard InChI is InChI=1S/C14H11ClN2O2/c15-13-4-5-14(16-17(13)18)19-12-3-1-2-9-10-6-8(10)7-11(9)12/h1-5,8,10H,6-7H2. The third-order valence-corrected chi connectivity index (χ3v) is 4.18. The lowest BCUT2D eigenvalue weighted by Crippen LogP contribution is -2.32. The summed E-state index contributed by atoms with van der Waals surface area (Å²) in [4.78, 5) is 0.359. The second kappa shape index (κ2) is 3.84. The number of ether oxygens (including phenoxy) is 1. The lowest BCUT2D eigenvalue weighted by Gasteiger charge is -2.10. The molecule has 2 atom stereocenters. The van der Waals surface area contributed by atoms with E-state index in [0.29, 0.717) is 4.85 Å². The maximum Gasteiger partial charge on any atom is 0.313 e. The Hall–Kier alpha value is -1.81. The summed E-state index contributed by atoms with van der Waals surface area (Å²) in [6, 6.07) is 9.18. The molecule has 2 unspecified atom stereocenters. The average Bonchev–Trinajstić information content (AvgIpc) is 3.08. The van der Waals surface area contributed by atoms with Crippen molar-refractivity contribution in [1.29, 1.82) is 0 Å². The van der Waals surface area contributed by atoms with E-state index in [1.165, 1.54) is 23.6 Å². The molecule has 4 nitrogen and oxygen atoms in total. The molecule has 1 saturated carbocycles. The molecule has 19 heavy (non-hydrogen) atoms. The Bertz CT molecular complexity index is 674. The van der Waals surface area contributed by atoms with Crippen LogP contribution >= 0.6 is 11.6 Å². The quantitative estimate of drug-likeness (QED) is 0.625. The number of halogens is 1. The molecule has 4 rings (SSSR count). The molecular weight excluding hydrogens is 264 g/mol. The topological polar surface area (TPSA) is 49.1 Å². The van der Waals surface area contributed by atoms with Crippen LogP contribution in [0.25, 0.3) is 0 Å². The van der Waals surface area contributed by atoms with Gasteiger partial charge in [0.2, 0.25) is 0 Å². The minimum absolute atomic E-state index is 0.0342. The Kier molecular flexibility index (Phi) is 2.23. The van der Waals surface area contributed by atoms with Gasteiger partial charge in [0.15, 0.2) is 0 Å². The van der Waals surface area contributed by atoms with Gasteiger partial charge in [-0.3, -0.25) is 0 Å². The van der Waals surface area contributed by atoms with E-state index in [1.54, 1.807) is 6.07 Å². The van der Waals surface area contributed by atoms with Crippen molar-refractivity contribution in [3.63, 3.8) is 0 Å². The van der Waals surface area contributed by atoms with Gasteiger partial charge in [0.1, 0.15) is 5.75 Å². The number of aromatic nitrogens is 2. The lowest BCUT2D eigenvalue weighted by molar-refractivity contribution is -0.667. The van der Waals surface area contributed by atoms with E-state index in [-0.39, 0.29) is 11.0 Å². The Morgan fingerprint density at radius 1 is 1.32 bits per heavy atom. The summed E-state index contributed by atoms with van der Waals surface area (Å²) in [5.74, 6) is 2.59. The fourth-order valence-corrected chi connectivity index (χ4v) is 3.00. The molecule has 1 aromatic carbocycles. The van der Waals surface area contributed by atoms with Crippen molar-refractivity contribution in [1.82, 2.24) is 5.10 Å². The summed E-state index contributed by atoms with van der Waals surface area (Å²) >= 11 is 5.63. The molecule has 0 N–H and O–H groups in total. The summed E-state index contributed by atoms with van der Waals surface area (Å²) in [5, 5.41) is 15.1. The number of rotatable bonds is 2. The third kappa shape index (κ3) is 1.75. The van der Waals surface area contributed by atoms with Gasteiger partial charge in [-0.1, -0.05) is 12.1 Å². The fourth-order valence-electron chi connectivity index (χ4n) is 2.90. The molecule has 0 aliphatic heterocycles. The summed E-state index contributed by atoms with van der Waals surface area (Å²) < 4.78 is 5.74. The molecule has 0 radical (unpaired) electrons. The SMILES string of the molecule is [O-][n+]1nc(Oc2cccc3c2CC2CC32)ccc1Cl. The van der Waals surface area contributed by atoms with E-state index in [9.17, 15) is 5.21 Å². The number of fused-ring (bicyclic) bond motifs is 3. The minimum Gasteiger partial charge on any atom is -0.593 e. The van der Waals surface area contributed by atoms with Crippen LogP contribution in [0.1, 0.15) is 23.5 Å². The monoisotopic (exact) mass is 274 g/mol. The number of hydrogen-bond acceptors (Lipinski definition) is 3. The largest absolute Gasteiger partial charge is 0.593 e. The van der Waals surface area contributed by atoms with Crippen LogP contribution in [0.15, 0.2) is 30.3 Å². The molecule has 5 heteroatoms. The van der Waals surface area contributed by atoms with Crippen LogP contribution in [0.5, 0.6) is 11.6 Å². The zero-order valence-electron chi connectivity index (χ0n) is 10.0. The van der Waals surface area contributed by atoms with Crippen molar-refractivity contribution in [2.75, 3.05) is 0 Å². The molecule has 1 heterocycles. The van der Waals surface area contributed by atoms with Gasteiger partial charge in [-0.15, -0.1) is 0 Å². The van der Waals surface area contributed by atoms with Gasteiger partial charge in [0.25, 0.3) is 5.88 Å². The highest BCUT2D eigenvalue weighted by atomic mass is 35.5. The predicted molar refractivity (Wildman–Crippen MR) is 69.3 cm³/mol. The summed E-state index contributed by atoms with van der Waals surface area (Å²) in [6.07, 6.45) is 2.37. The highest BCUT2D eigenvalue weighted by molar-refractivity contribution is 6.28. The average molecular weight is 275 g/mol. The Labute approximate surface area is 115 Å². The van der Waals surface area contributed by atoms with Crippen LogP contribution in [0.2, 0.25) is 5.15 Å². The zero-order chi connectivity index (χ0) is 13.0. The summed E-state index contributed by atoms with van der Waals surface area (Å²) in [5.41, 5.74) is 2.66. The predicted octanol–water partition coefficient (Wildman–Crippen LogP) is 2.82. The molecule has 0 spiro atoms. The molecule has 0 saturated heterocycles. The first-order valence-corrected chi connectivity index (χ1v) is 6.66. The lowest BCUT2D eigenvalue weighted by atomic mass is 10.1. The van der Waals surface area contributed by atoms with Gasteiger partial charge >= 0.3 is 5.15 Å². The van der Waals surface area contributed by atoms with Crippen LogP contribution in [0.4, 0.5) is 0 Å².